The highest BCUT2D eigenvalue weighted by molar-refractivity contribution is 5.68. The van der Waals surface area contributed by atoms with Gasteiger partial charge in [0.05, 0.1) is 0 Å². The Kier molecular flexibility index (Phi) is 6.22. The highest BCUT2D eigenvalue weighted by atomic mass is 16.6. The maximum atomic E-state index is 11.1. The van der Waals surface area contributed by atoms with E-state index in [0.29, 0.717) is 13.0 Å². The van der Waals surface area contributed by atoms with Gasteiger partial charge in [-0.1, -0.05) is 12.2 Å². The second-order valence-corrected chi connectivity index (χ2v) is 4.29. The Hall–Kier alpha value is -1.52. The van der Waals surface area contributed by atoms with Crippen molar-refractivity contribution in [3.8, 4) is 0 Å². The second-order valence-electron chi connectivity index (χ2n) is 4.29. The predicted octanol–water partition coefficient (Wildman–Crippen LogP) is 1.93. The normalized spacial score (nSPS) is 11.4. The minimum absolute atomic E-state index is 0.100. The summed E-state index contributed by atoms with van der Waals surface area (Å²) in [5.74, 6) is -0.829. The number of amides is 1. The van der Waals surface area contributed by atoms with E-state index in [9.17, 15) is 9.59 Å². The van der Waals surface area contributed by atoms with E-state index in [-0.39, 0.29) is 6.42 Å². The summed E-state index contributed by atoms with van der Waals surface area (Å²) < 4.78 is 5.00. The van der Waals surface area contributed by atoms with Gasteiger partial charge in [-0.05, 0) is 27.2 Å². The van der Waals surface area contributed by atoms with Crippen molar-refractivity contribution in [2.24, 2.45) is 0 Å². The van der Waals surface area contributed by atoms with Gasteiger partial charge in [-0.3, -0.25) is 4.79 Å². The number of carboxylic acids is 1. The Bertz CT molecular complexity index is 266. The van der Waals surface area contributed by atoms with Crippen LogP contribution in [-0.2, 0) is 9.53 Å². The number of nitrogens with one attached hydrogen (secondary N) is 1. The van der Waals surface area contributed by atoms with Crippen molar-refractivity contribution >= 4 is 12.1 Å². The van der Waals surface area contributed by atoms with Gasteiger partial charge < -0.3 is 15.2 Å². The van der Waals surface area contributed by atoms with Gasteiger partial charge in [0, 0.05) is 13.0 Å². The van der Waals surface area contributed by atoms with Gasteiger partial charge in [0.1, 0.15) is 5.60 Å². The Labute approximate surface area is 95.5 Å². The first-order valence-electron chi connectivity index (χ1n) is 5.15. The van der Waals surface area contributed by atoms with Crippen LogP contribution in [-0.4, -0.2) is 29.3 Å². The molecule has 0 radical (unpaired) electrons. The SMILES string of the molecule is CC(C)(C)OC(=O)NC/C=C/CCC(=O)O. The van der Waals surface area contributed by atoms with E-state index in [2.05, 4.69) is 5.32 Å². The van der Waals surface area contributed by atoms with Crippen LogP contribution in [0.3, 0.4) is 0 Å². The number of ether oxygens (including phenoxy) is 1. The van der Waals surface area contributed by atoms with Crippen LogP contribution in [0.5, 0.6) is 0 Å². The Morgan fingerprint density at radius 2 is 1.94 bits per heavy atom. The number of aliphatic carboxylic acids is 1. The molecular weight excluding hydrogens is 210 g/mol. The van der Waals surface area contributed by atoms with E-state index < -0.39 is 17.7 Å². The summed E-state index contributed by atoms with van der Waals surface area (Å²) in [6.07, 6.45) is 3.50. The van der Waals surface area contributed by atoms with Gasteiger partial charge in [-0.2, -0.15) is 0 Å². The average Bonchev–Trinajstić information content (AvgIpc) is 2.07. The molecule has 92 valence electrons. The fraction of sp³-hybridized carbons (Fsp3) is 0.636. The van der Waals surface area contributed by atoms with Gasteiger partial charge in [0.2, 0.25) is 0 Å². The number of rotatable bonds is 5. The summed E-state index contributed by atoms with van der Waals surface area (Å²) in [6.45, 7) is 5.70. The van der Waals surface area contributed by atoms with Crippen LogP contribution >= 0.6 is 0 Å². The Balaban J connectivity index is 3.58. The first kappa shape index (κ1) is 14.5. The van der Waals surface area contributed by atoms with Crippen molar-refractivity contribution in [2.75, 3.05) is 6.54 Å². The maximum absolute atomic E-state index is 11.1. The van der Waals surface area contributed by atoms with Gasteiger partial charge in [-0.15, -0.1) is 0 Å². The molecule has 0 heterocycles. The highest BCUT2D eigenvalue weighted by Crippen LogP contribution is 2.06. The number of alkyl carbamates (subject to hydrolysis) is 1. The number of hydrogen-bond donors (Lipinski definition) is 2. The molecule has 0 aromatic carbocycles. The number of allylic oxidation sites excluding steroid dienone is 1. The van der Waals surface area contributed by atoms with E-state index in [0.717, 1.165) is 0 Å². The number of hydrogen-bond acceptors (Lipinski definition) is 3. The molecule has 0 rings (SSSR count). The van der Waals surface area contributed by atoms with Crippen LogP contribution in [0.25, 0.3) is 0 Å². The topological polar surface area (TPSA) is 75.6 Å². The van der Waals surface area contributed by atoms with Crippen LogP contribution in [0.2, 0.25) is 0 Å². The van der Waals surface area contributed by atoms with Gasteiger partial charge in [-0.25, -0.2) is 4.79 Å². The lowest BCUT2D eigenvalue weighted by Gasteiger charge is -2.19. The molecule has 0 aliphatic carbocycles. The molecule has 16 heavy (non-hydrogen) atoms. The monoisotopic (exact) mass is 229 g/mol. The highest BCUT2D eigenvalue weighted by Gasteiger charge is 2.14. The molecule has 0 aromatic rings. The minimum atomic E-state index is -0.829. The molecule has 1 amide bonds. The molecule has 0 aliphatic rings. The summed E-state index contributed by atoms with van der Waals surface area (Å²) in [5.41, 5.74) is -0.503. The molecule has 5 nitrogen and oxygen atoms in total. The first-order chi connectivity index (χ1) is 7.31. The molecule has 2 N–H and O–H groups in total. The van der Waals surface area contributed by atoms with Crippen LogP contribution in [0.15, 0.2) is 12.2 Å². The zero-order chi connectivity index (χ0) is 12.6. The van der Waals surface area contributed by atoms with Gasteiger partial charge >= 0.3 is 12.1 Å². The third-order valence-electron chi connectivity index (χ3n) is 1.45. The molecule has 5 heteroatoms. The van der Waals surface area contributed by atoms with Crippen LogP contribution in [0.1, 0.15) is 33.6 Å². The molecule has 0 spiro atoms. The Morgan fingerprint density at radius 3 is 2.44 bits per heavy atom. The van der Waals surface area contributed by atoms with Crippen LogP contribution < -0.4 is 5.32 Å². The summed E-state index contributed by atoms with van der Waals surface area (Å²) in [4.78, 5) is 21.3. The average molecular weight is 229 g/mol. The lowest BCUT2D eigenvalue weighted by molar-refractivity contribution is -0.136. The molecule has 0 unspecified atom stereocenters. The number of carbonyl (C=O) groups is 2. The fourth-order valence-corrected chi connectivity index (χ4v) is 0.864. The van der Waals surface area contributed by atoms with E-state index in [4.69, 9.17) is 9.84 Å². The summed E-state index contributed by atoms with van der Waals surface area (Å²) in [5, 5.41) is 10.9. The third kappa shape index (κ3) is 10.6. The molecule has 0 saturated carbocycles. The van der Waals surface area contributed by atoms with Crippen molar-refractivity contribution in [1.29, 1.82) is 0 Å². The van der Waals surface area contributed by atoms with Crippen molar-refractivity contribution in [3.63, 3.8) is 0 Å². The fourth-order valence-electron chi connectivity index (χ4n) is 0.864. The summed E-state index contributed by atoms with van der Waals surface area (Å²) >= 11 is 0. The molecule has 0 aromatic heterocycles. The zero-order valence-electron chi connectivity index (χ0n) is 9.95. The van der Waals surface area contributed by atoms with E-state index >= 15 is 0 Å². The molecular formula is C11H19NO4. The maximum Gasteiger partial charge on any atom is 0.407 e. The van der Waals surface area contributed by atoms with Crippen molar-refractivity contribution in [3.05, 3.63) is 12.2 Å². The lowest BCUT2D eigenvalue weighted by Crippen LogP contribution is -2.32. The van der Waals surface area contributed by atoms with Crippen LogP contribution in [0.4, 0.5) is 4.79 Å². The summed E-state index contributed by atoms with van der Waals surface area (Å²) in [7, 11) is 0. The van der Waals surface area contributed by atoms with Crippen molar-refractivity contribution < 1.29 is 19.4 Å². The first-order valence-corrected chi connectivity index (χ1v) is 5.15. The molecule has 0 saturated heterocycles. The van der Waals surface area contributed by atoms with Crippen LogP contribution in [0, 0.1) is 0 Å². The zero-order valence-corrected chi connectivity index (χ0v) is 9.95. The smallest absolute Gasteiger partial charge is 0.407 e. The minimum Gasteiger partial charge on any atom is -0.481 e. The van der Waals surface area contributed by atoms with Crippen molar-refractivity contribution in [2.45, 2.75) is 39.2 Å². The van der Waals surface area contributed by atoms with E-state index in [1.165, 1.54) is 0 Å². The largest absolute Gasteiger partial charge is 0.481 e. The third-order valence-corrected chi connectivity index (χ3v) is 1.45. The molecule has 0 bridgehead atoms. The van der Waals surface area contributed by atoms with E-state index in [1.54, 1.807) is 32.9 Å². The van der Waals surface area contributed by atoms with Gasteiger partial charge in [0.25, 0.3) is 0 Å². The quantitative estimate of drug-likeness (QED) is 0.706. The van der Waals surface area contributed by atoms with Gasteiger partial charge in [0.15, 0.2) is 0 Å². The molecule has 0 aliphatic heterocycles. The molecule has 0 atom stereocenters. The predicted molar refractivity (Wildman–Crippen MR) is 60.2 cm³/mol. The van der Waals surface area contributed by atoms with E-state index in [1.807, 2.05) is 0 Å². The standard InChI is InChI=1S/C11H19NO4/c1-11(2,3)16-10(15)12-8-6-4-5-7-9(13)14/h4,6H,5,7-8H2,1-3H3,(H,12,15)(H,13,14)/b6-4+. The molecule has 0 fully saturated rings. The lowest BCUT2D eigenvalue weighted by atomic mass is 10.2. The number of carbonyl (C=O) groups excluding carboxylic acids is 1. The Morgan fingerprint density at radius 1 is 1.31 bits per heavy atom. The number of carboxylic acid groups (broad SMARTS) is 1. The second kappa shape index (κ2) is 6.87. The van der Waals surface area contributed by atoms with Crippen molar-refractivity contribution in [1.82, 2.24) is 5.32 Å². The summed E-state index contributed by atoms with van der Waals surface area (Å²) in [6, 6.07) is 0.